The molecule has 31 heavy (non-hydrogen) atoms. The molecule has 154 valence electrons. The average molecular weight is 412 g/mol. The summed E-state index contributed by atoms with van der Waals surface area (Å²) in [6.45, 7) is 0.692. The Morgan fingerprint density at radius 1 is 1.10 bits per heavy atom. The van der Waals surface area contributed by atoms with Crippen LogP contribution in [-0.2, 0) is 13.0 Å². The van der Waals surface area contributed by atoms with Crippen LogP contribution in [0.3, 0.4) is 0 Å². The maximum absolute atomic E-state index is 11.7. The number of nitrogens with zero attached hydrogens (tertiary/aromatic N) is 1. The first kappa shape index (κ1) is 18.0. The third-order valence-electron chi connectivity index (χ3n) is 6.47. The summed E-state index contributed by atoms with van der Waals surface area (Å²) in [5, 5.41) is 33.2. The number of aromatic hydroxyl groups is 1. The number of carboxylic acid groups (broad SMARTS) is 1. The first-order chi connectivity index (χ1) is 15.1. The van der Waals surface area contributed by atoms with Gasteiger partial charge in [-0.25, -0.2) is 4.79 Å². The van der Waals surface area contributed by atoms with Crippen molar-refractivity contribution in [2.24, 2.45) is 0 Å². The van der Waals surface area contributed by atoms with Crippen molar-refractivity contribution in [3.63, 3.8) is 0 Å². The van der Waals surface area contributed by atoms with Crippen LogP contribution in [0.25, 0.3) is 43.7 Å². The molecule has 0 fully saturated rings. The van der Waals surface area contributed by atoms with Gasteiger partial charge >= 0.3 is 5.97 Å². The van der Waals surface area contributed by atoms with E-state index in [1.54, 1.807) is 18.3 Å². The zero-order valence-electron chi connectivity index (χ0n) is 16.6. The zero-order chi connectivity index (χ0) is 21.3. The fourth-order valence-electron chi connectivity index (χ4n) is 5.25. The van der Waals surface area contributed by atoms with Crippen LogP contribution in [0.2, 0.25) is 0 Å². The molecular weight excluding hydrogens is 392 g/mol. The number of fused-ring (bicyclic) bond motifs is 10. The molecule has 0 atom stereocenters. The third-order valence-corrected chi connectivity index (χ3v) is 6.47. The van der Waals surface area contributed by atoms with E-state index in [9.17, 15) is 20.1 Å². The van der Waals surface area contributed by atoms with E-state index in [0.29, 0.717) is 13.0 Å². The number of aliphatic hydroxyl groups excluding tert-OH is 1. The molecule has 3 aromatic carbocycles. The number of hydrogen-bond acceptors (Lipinski definition) is 3. The van der Waals surface area contributed by atoms with Crippen LogP contribution < -0.4 is 0 Å². The average Bonchev–Trinajstić information content (AvgIpc) is 3.43. The van der Waals surface area contributed by atoms with E-state index in [1.165, 1.54) is 5.56 Å². The van der Waals surface area contributed by atoms with Crippen molar-refractivity contribution in [1.82, 2.24) is 9.55 Å². The lowest BCUT2D eigenvalue weighted by atomic mass is 9.96. The molecule has 0 bridgehead atoms. The molecule has 0 amide bonds. The van der Waals surface area contributed by atoms with Gasteiger partial charge in [-0.2, -0.15) is 0 Å². The van der Waals surface area contributed by atoms with E-state index in [-0.39, 0.29) is 18.1 Å². The van der Waals surface area contributed by atoms with Gasteiger partial charge in [0.25, 0.3) is 0 Å². The van der Waals surface area contributed by atoms with E-state index < -0.39 is 5.97 Å². The maximum atomic E-state index is 11.7. The number of aromatic amines is 1. The Morgan fingerprint density at radius 2 is 1.94 bits per heavy atom. The molecule has 6 rings (SSSR count). The molecule has 6 heteroatoms. The molecule has 2 heterocycles. The Hall–Kier alpha value is -3.77. The van der Waals surface area contributed by atoms with Gasteiger partial charge < -0.3 is 24.9 Å². The first-order valence-corrected chi connectivity index (χ1v) is 10.3. The Morgan fingerprint density at radius 3 is 2.74 bits per heavy atom. The smallest absolute Gasteiger partial charge is 0.335 e. The summed E-state index contributed by atoms with van der Waals surface area (Å²) >= 11 is 0. The van der Waals surface area contributed by atoms with Gasteiger partial charge in [0.15, 0.2) is 5.88 Å². The topological polar surface area (TPSA) is 98.5 Å². The molecular formula is C25H20N2O4. The van der Waals surface area contributed by atoms with Crippen LogP contribution in [0.1, 0.15) is 27.9 Å². The van der Waals surface area contributed by atoms with E-state index in [4.69, 9.17) is 0 Å². The SMILES string of the molecule is O=C(O)c1ccc2c(c1)c1c3c[nH]c(O)c3c3c(c1n2CCCO)Cc1ccccc1-3. The molecule has 0 aliphatic heterocycles. The van der Waals surface area contributed by atoms with Gasteiger partial charge in [-0.05, 0) is 41.3 Å². The molecule has 4 N–H and O–H groups in total. The third kappa shape index (κ3) is 2.33. The van der Waals surface area contributed by atoms with Gasteiger partial charge in [-0.15, -0.1) is 0 Å². The molecule has 1 aliphatic carbocycles. The molecule has 1 aliphatic rings. The summed E-state index contributed by atoms with van der Waals surface area (Å²) in [7, 11) is 0. The quantitative estimate of drug-likeness (QED) is 0.339. The number of nitrogens with one attached hydrogen (secondary N) is 1. The Bertz CT molecular complexity index is 1540. The van der Waals surface area contributed by atoms with E-state index >= 15 is 0 Å². The second kappa shape index (κ2) is 6.36. The lowest BCUT2D eigenvalue weighted by Crippen LogP contribution is -2.02. The monoisotopic (exact) mass is 412 g/mol. The van der Waals surface area contributed by atoms with Crippen molar-refractivity contribution in [2.75, 3.05) is 6.61 Å². The van der Waals surface area contributed by atoms with Gasteiger partial charge in [0, 0.05) is 53.0 Å². The van der Waals surface area contributed by atoms with Crippen LogP contribution in [-0.4, -0.2) is 37.4 Å². The van der Waals surface area contributed by atoms with Crippen molar-refractivity contribution < 1.29 is 20.1 Å². The molecule has 0 spiro atoms. The van der Waals surface area contributed by atoms with Crippen LogP contribution in [0, 0.1) is 0 Å². The summed E-state index contributed by atoms with van der Waals surface area (Å²) in [5.74, 6) is -0.851. The van der Waals surface area contributed by atoms with Crippen LogP contribution in [0.15, 0.2) is 48.7 Å². The zero-order valence-corrected chi connectivity index (χ0v) is 16.6. The first-order valence-electron chi connectivity index (χ1n) is 10.3. The Labute approximate surface area is 177 Å². The van der Waals surface area contributed by atoms with E-state index in [2.05, 4.69) is 21.7 Å². The number of aliphatic hydroxyl groups is 1. The lowest BCUT2D eigenvalue weighted by Gasteiger charge is -2.12. The molecule has 0 unspecified atom stereocenters. The normalized spacial score (nSPS) is 12.7. The van der Waals surface area contributed by atoms with Crippen LogP contribution in [0.5, 0.6) is 5.88 Å². The molecule has 0 saturated heterocycles. The Kier molecular flexibility index (Phi) is 3.70. The van der Waals surface area contributed by atoms with Crippen LogP contribution >= 0.6 is 0 Å². The molecule has 5 aromatic rings. The van der Waals surface area contributed by atoms with Gasteiger partial charge in [0.2, 0.25) is 0 Å². The highest BCUT2D eigenvalue weighted by Crippen LogP contribution is 2.50. The number of aromatic carboxylic acids is 1. The number of carbonyl (C=O) groups is 1. The number of rotatable bonds is 4. The molecule has 2 aromatic heterocycles. The Balaban J connectivity index is 1.85. The van der Waals surface area contributed by atoms with Crippen molar-refractivity contribution >= 4 is 38.5 Å². The molecule has 6 nitrogen and oxygen atoms in total. The predicted octanol–water partition coefficient (Wildman–Crippen LogP) is 4.63. The minimum Gasteiger partial charge on any atom is -0.494 e. The number of carboxylic acids is 1. The second-order valence-corrected chi connectivity index (χ2v) is 8.10. The standard InChI is InChI=1S/C25H20N2O4/c28-9-3-8-27-19-7-6-14(25(30)31)11-16(19)21-18-12-26-24(29)22(18)20-15-5-2-1-4-13(15)10-17(20)23(21)27/h1-2,4-7,11-12,26,28-29H,3,8-10H2,(H,30,31). The summed E-state index contributed by atoms with van der Waals surface area (Å²) < 4.78 is 2.20. The fourth-order valence-corrected chi connectivity index (χ4v) is 5.25. The largest absolute Gasteiger partial charge is 0.494 e. The van der Waals surface area contributed by atoms with Crippen LogP contribution in [0.4, 0.5) is 0 Å². The summed E-state index contributed by atoms with van der Waals surface area (Å²) in [6, 6.07) is 13.4. The second-order valence-electron chi connectivity index (χ2n) is 8.10. The van der Waals surface area contributed by atoms with Crippen molar-refractivity contribution in [1.29, 1.82) is 0 Å². The van der Waals surface area contributed by atoms with Crippen molar-refractivity contribution in [3.8, 4) is 17.0 Å². The molecule has 0 radical (unpaired) electrons. The highest BCUT2D eigenvalue weighted by molar-refractivity contribution is 6.27. The predicted molar refractivity (Wildman–Crippen MR) is 120 cm³/mol. The maximum Gasteiger partial charge on any atom is 0.335 e. The summed E-state index contributed by atoms with van der Waals surface area (Å²) in [6.07, 6.45) is 3.14. The van der Waals surface area contributed by atoms with Crippen molar-refractivity contribution in [2.45, 2.75) is 19.4 Å². The van der Waals surface area contributed by atoms with Crippen molar-refractivity contribution in [3.05, 3.63) is 65.4 Å². The van der Waals surface area contributed by atoms with Gasteiger partial charge in [0.05, 0.1) is 16.5 Å². The van der Waals surface area contributed by atoms with Gasteiger partial charge in [0.1, 0.15) is 0 Å². The molecule has 0 saturated carbocycles. The minimum absolute atomic E-state index is 0.0734. The minimum atomic E-state index is -0.972. The number of benzene rings is 3. The number of aryl methyl sites for hydroxylation is 1. The number of hydrogen-bond donors (Lipinski definition) is 4. The van der Waals surface area contributed by atoms with E-state index in [0.717, 1.165) is 55.7 Å². The van der Waals surface area contributed by atoms with Gasteiger partial charge in [-0.3, -0.25) is 0 Å². The highest BCUT2D eigenvalue weighted by atomic mass is 16.4. The number of aromatic nitrogens is 2. The lowest BCUT2D eigenvalue weighted by molar-refractivity contribution is 0.0697. The van der Waals surface area contributed by atoms with Gasteiger partial charge in [-0.1, -0.05) is 24.3 Å². The van der Waals surface area contributed by atoms with E-state index in [1.807, 2.05) is 18.2 Å². The fraction of sp³-hybridized carbons (Fsp3) is 0.160. The number of H-pyrrole nitrogens is 1. The highest BCUT2D eigenvalue weighted by Gasteiger charge is 2.29. The summed E-state index contributed by atoms with van der Waals surface area (Å²) in [5.41, 5.74) is 6.68. The summed E-state index contributed by atoms with van der Waals surface area (Å²) in [4.78, 5) is 14.7.